The number of aromatic nitrogens is 2. The summed E-state index contributed by atoms with van der Waals surface area (Å²) in [4.78, 5) is 22.5. The number of hydrogen-bond acceptors (Lipinski definition) is 5. The summed E-state index contributed by atoms with van der Waals surface area (Å²) < 4.78 is 5.25. The quantitative estimate of drug-likeness (QED) is 0.873. The summed E-state index contributed by atoms with van der Waals surface area (Å²) in [6, 6.07) is 0. The Kier molecular flexibility index (Phi) is 4.11. The lowest BCUT2D eigenvalue weighted by atomic mass is 10.2. The number of aryl methyl sites for hydroxylation is 1. The maximum Gasteiger partial charge on any atom is 0.224 e. The van der Waals surface area contributed by atoms with Crippen molar-refractivity contribution in [1.82, 2.24) is 14.9 Å². The Hall–Kier alpha value is -1.69. The Morgan fingerprint density at radius 2 is 2.15 bits per heavy atom. The summed E-state index contributed by atoms with van der Waals surface area (Å²) >= 11 is 0. The predicted octanol–water partition coefficient (Wildman–Crippen LogP) is 0.626. The zero-order chi connectivity index (χ0) is 13.8. The van der Waals surface area contributed by atoms with Crippen molar-refractivity contribution in [2.75, 3.05) is 38.2 Å². The van der Waals surface area contributed by atoms with Crippen LogP contribution in [-0.2, 0) is 22.4 Å². The molecule has 20 heavy (non-hydrogen) atoms. The number of amides is 1. The van der Waals surface area contributed by atoms with Gasteiger partial charge in [-0.1, -0.05) is 0 Å². The zero-order valence-electron chi connectivity index (χ0n) is 11.6. The van der Waals surface area contributed by atoms with Crippen LogP contribution in [-0.4, -0.2) is 53.6 Å². The van der Waals surface area contributed by atoms with Crippen molar-refractivity contribution >= 4 is 11.7 Å². The van der Waals surface area contributed by atoms with E-state index in [-0.39, 0.29) is 5.91 Å². The van der Waals surface area contributed by atoms with E-state index in [1.54, 1.807) is 6.33 Å². The molecule has 2 heterocycles. The van der Waals surface area contributed by atoms with Crippen molar-refractivity contribution in [2.24, 2.45) is 0 Å². The number of anilines is 1. The predicted molar refractivity (Wildman–Crippen MR) is 74.6 cm³/mol. The van der Waals surface area contributed by atoms with Crippen molar-refractivity contribution in [3.05, 3.63) is 17.6 Å². The number of carbonyl (C=O) groups is 1. The molecule has 0 radical (unpaired) electrons. The lowest BCUT2D eigenvalue weighted by Gasteiger charge is -2.26. The summed E-state index contributed by atoms with van der Waals surface area (Å²) in [5, 5.41) is 3.29. The summed E-state index contributed by atoms with van der Waals surface area (Å²) in [5.74, 6) is 1.09. The first-order valence-corrected chi connectivity index (χ1v) is 7.27. The minimum absolute atomic E-state index is 0.187. The van der Waals surface area contributed by atoms with Crippen LogP contribution < -0.4 is 5.32 Å². The van der Waals surface area contributed by atoms with E-state index in [1.165, 1.54) is 5.56 Å². The SMILES string of the molecule is O=C(CCNc1ncnc2c1CCC2)N1CCOCC1. The highest BCUT2D eigenvalue weighted by atomic mass is 16.5. The van der Waals surface area contributed by atoms with Crippen molar-refractivity contribution in [3.8, 4) is 0 Å². The summed E-state index contributed by atoms with van der Waals surface area (Å²) in [6.45, 7) is 3.35. The number of nitrogens with one attached hydrogen (secondary N) is 1. The van der Waals surface area contributed by atoms with E-state index in [0.717, 1.165) is 30.8 Å². The first-order chi connectivity index (χ1) is 9.84. The number of morpholine rings is 1. The normalized spacial score (nSPS) is 17.9. The Morgan fingerprint density at radius 3 is 3.00 bits per heavy atom. The second-order valence-corrected chi connectivity index (χ2v) is 5.17. The molecule has 1 aliphatic carbocycles. The average molecular weight is 276 g/mol. The number of nitrogens with zero attached hydrogens (tertiary/aromatic N) is 3. The van der Waals surface area contributed by atoms with Crippen LogP contribution in [0.3, 0.4) is 0 Å². The fraction of sp³-hybridized carbons (Fsp3) is 0.643. The number of hydrogen-bond donors (Lipinski definition) is 1. The number of carbonyl (C=O) groups excluding carboxylic acids is 1. The van der Waals surface area contributed by atoms with Gasteiger partial charge in [-0.05, 0) is 19.3 Å². The number of ether oxygens (including phenoxy) is 1. The molecule has 6 heteroatoms. The molecule has 0 bridgehead atoms. The van der Waals surface area contributed by atoms with E-state index in [2.05, 4.69) is 15.3 Å². The molecule has 108 valence electrons. The third-order valence-electron chi connectivity index (χ3n) is 3.87. The molecular formula is C14H20N4O2. The first-order valence-electron chi connectivity index (χ1n) is 7.27. The second kappa shape index (κ2) is 6.17. The maximum absolute atomic E-state index is 12.0. The molecule has 6 nitrogen and oxygen atoms in total. The van der Waals surface area contributed by atoms with Gasteiger partial charge in [0.1, 0.15) is 12.1 Å². The van der Waals surface area contributed by atoms with Crippen LogP contribution in [0, 0.1) is 0 Å². The molecule has 1 N–H and O–H groups in total. The smallest absolute Gasteiger partial charge is 0.224 e. The van der Waals surface area contributed by atoms with Gasteiger partial charge in [-0.2, -0.15) is 0 Å². The van der Waals surface area contributed by atoms with Crippen LogP contribution in [0.4, 0.5) is 5.82 Å². The Morgan fingerprint density at radius 1 is 1.30 bits per heavy atom. The molecular weight excluding hydrogens is 256 g/mol. The lowest BCUT2D eigenvalue weighted by Crippen LogP contribution is -2.41. The molecule has 2 aliphatic rings. The highest BCUT2D eigenvalue weighted by Gasteiger charge is 2.18. The van der Waals surface area contributed by atoms with Crippen molar-refractivity contribution in [3.63, 3.8) is 0 Å². The van der Waals surface area contributed by atoms with E-state index in [9.17, 15) is 4.79 Å². The van der Waals surface area contributed by atoms with E-state index in [4.69, 9.17) is 4.74 Å². The first kappa shape index (κ1) is 13.3. The van der Waals surface area contributed by atoms with Crippen molar-refractivity contribution in [2.45, 2.75) is 25.7 Å². The van der Waals surface area contributed by atoms with E-state index in [1.807, 2.05) is 4.90 Å². The molecule has 1 fully saturated rings. The van der Waals surface area contributed by atoms with Gasteiger partial charge in [-0.25, -0.2) is 9.97 Å². The fourth-order valence-electron chi connectivity index (χ4n) is 2.77. The monoisotopic (exact) mass is 276 g/mol. The van der Waals surface area contributed by atoms with Gasteiger partial charge in [0.25, 0.3) is 0 Å². The van der Waals surface area contributed by atoms with Crippen molar-refractivity contribution in [1.29, 1.82) is 0 Å². The second-order valence-electron chi connectivity index (χ2n) is 5.17. The molecule has 0 spiro atoms. The highest BCUT2D eigenvalue weighted by molar-refractivity contribution is 5.76. The number of fused-ring (bicyclic) bond motifs is 1. The minimum Gasteiger partial charge on any atom is -0.378 e. The van der Waals surface area contributed by atoms with E-state index >= 15 is 0 Å². The van der Waals surface area contributed by atoms with Crippen LogP contribution in [0.2, 0.25) is 0 Å². The fourth-order valence-corrected chi connectivity index (χ4v) is 2.77. The third-order valence-corrected chi connectivity index (χ3v) is 3.87. The van der Waals surface area contributed by atoms with Gasteiger partial charge in [-0.3, -0.25) is 4.79 Å². The molecule has 1 amide bonds. The van der Waals surface area contributed by atoms with Gasteiger partial charge in [0.15, 0.2) is 0 Å². The van der Waals surface area contributed by atoms with Crippen LogP contribution in [0.25, 0.3) is 0 Å². The molecule has 3 rings (SSSR count). The minimum atomic E-state index is 0.187. The van der Waals surface area contributed by atoms with Gasteiger partial charge in [0.2, 0.25) is 5.91 Å². The third kappa shape index (κ3) is 2.90. The topological polar surface area (TPSA) is 67.4 Å². The summed E-state index contributed by atoms with van der Waals surface area (Å²) in [5.41, 5.74) is 2.38. The summed E-state index contributed by atoms with van der Waals surface area (Å²) in [7, 11) is 0. The van der Waals surface area contributed by atoms with E-state index < -0.39 is 0 Å². The molecule has 0 unspecified atom stereocenters. The lowest BCUT2D eigenvalue weighted by molar-refractivity contribution is -0.134. The maximum atomic E-state index is 12.0. The van der Waals surface area contributed by atoms with Crippen molar-refractivity contribution < 1.29 is 9.53 Å². The van der Waals surface area contributed by atoms with Gasteiger partial charge < -0.3 is 15.0 Å². The van der Waals surface area contributed by atoms with E-state index in [0.29, 0.717) is 39.3 Å². The Balaban J connectivity index is 1.50. The highest BCUT2D eigenvalue weighted by Crippen LogP contribution is 2.24. The van der Waals surface area contributed by atoms with Crippen LogP contribution >= 0.6 is 0 Å². The van der Waals surface area contributed by atoms with Crippen LogP contribution in [0.15, 0.2) is 6.33 Å². The molecule has 1 aromatic rings. The molecule has 1 aromatic heterocycles. The zero-order valence-corrected chi connectivity index (χ0v) is 11.6. The molecule has 0 saturated carbocycles. The van der Waals surface area contributed by atoms with Crippen LogP contribution in [0.5, 0.6) is 0 Å². The standard InChI is InChI=1S/C14H20N4O2/c19-13(18-6-8-20-9-7-18)4-5-15-14-11-2-1-3-12(11)16-10-17-14/h10H,1-9H2,(H,15,16,17). The van der Waals surface area contributed by atoms with Gasteiger partial charge in [-0.15, -0.1) is 0 Å². The van der Waals surface area contributed by atoms with Gasteiger partial charge in [0, 0.05) is 37.3 Å². The van der Waals surface area contributed by atoms with Gasteiger partial charge in [0.05, 0.1) is 13.2 Å². The Labute approximate surface area is 118 Å². The molecule has 0 aromatic carbocycles. The molecule has 1 saturated heterocycles. The molecule has 1 aliphatic heterocycles. The largest absolute Gasteiger partial charge is 0.378 e. The van der Waals surface area contributed by atoms with Crippen LogP contribution in [0.1, 0.15) is 24.1 Å². The van der Waals surface area contributed by atoms with Gasteiger partial charge >= 0.3 is 0 Å². The molecule has 0 atom stereocenters. The number of rotatable bonds is 4. The average Bonchev–Trinajstić information content (AvgIpc) is 2.97. The Bertz CT molecular complexity index is 486. The summed E-state index contributed by atoms with van der Waals surface area (Å²) in [6.07, 6.45) is 5.33.